The van der Waals surface area contributed by atoms with Gasteiger partial charge in [-0.3, -0.25) is 19.3 Å². The summed E-state index contributed by atoms with van der Waals surface area (Å²) in [5.41, 5.74) is 0.596. The van der Waals surface area contributed by atoms with Crippen molar-refractivity contribution < 1.29 is 19.1 Å². The average molecular weight is 382 g/mol. The van der Waals surface area contributed by atoms with Crippen LogP contribution in [0.25, 0.3) is 0 Å². The van der Waals surface area contributed by atoms with Gasteiger partial charge >= 0.3 is 0 Å². The van der Waals surface area contributed by atoms with Gasteiger partial charge in [-0.05, 0) is 43.5 Å². The summed E-state index contributed by atoms with van der Waals surface area (Å²) in [6.45, 7) is 3.61. The number of likely N-dealkylation sites (tertiary alicyclic amines) is 2. The molecular formula is C22H26N2O4. The van der Waals surface area contributed by atoms with E-state index in [-0.39, 0.29) is 35.6 Å². The van der Waals surface area contributed by atoms with Crippen LogP contribution >= 0.6 is 0 Å². The molecule has 6 nitrogen and oxygen atoms in total. The fourth-order valence-electron chi connectivity index (χ4n) is 4.18. The quantitative estimate of drug-likeness (QED) is 0.431. The number of carbonyl (C=O) groups is 3. The maximum atomic E-state index is 12.7. The molecule has 3 amide bonds. The number of ether oxygens (including phenoxy) is 1. The SMILES string of the molecule is CCCCOc1ccc(C(=O)N2CC(N3C(=O)C4CC=CCC4C3=O)C2)cc1. The van der Waals surface area contributed by atoms with Crippen LogP contribution in [-0.2, 0) is 9.59 Å². The van der Waals surface area contributed by atoms with Crippen molar-refractivity contribution in [3.05, 3.63) is 42.0 Å². The first-order valence-corrected chi connectivity index (χ1v) is 10.1. The Morgan fingerprint density at radius 3 is 2.21 bits per heavy atom. The molecule has 2 fully saturated rings. The van der Waals surface area contributed by atoms with E-state index in [0.717, 1.165) is 18.6 Å². The molecule has 0 spiro atoms. The number of carbonyl (C=O) groups excluding carboxylic acids is 3. The van der Waals surface area contributed by atoms with Gasteiger partial charge in [0, 0.05) is 18.7 Å². The predicted octanol–water partition coefficient (Wildman–Crippen LogP) is 2.64. The third kappa shape index (κ3) is 3.32. The Hall–Kier alpha value is -2.63. The molecule has 28 heavy (non-hydrogen) atoms. The molecule has 3 aliphatic rings. The highest BCUT2D eigenvalue weighted by Crippen LogP contribution is 2.37. The highest BCUT2D eigenvalue weighted by atomic mass is 16.5. The molecule has 1 aromatic carbocycles. The van der Waals surface area contributed by atoms with Crippen molar-refractivity contribution in [2.24, 2.45) is 11.8 Å². The van der Waals surface area contributed by atoms with Gasteiger partial charge in [0.2, 0.25) is 11.8 Å². The first-order chi connectivity index (χ1) is 13.6. The van der Waals surface area contributed by atoms with Crippen LogP contribution in [0.2, 0.25) is 0 Å². The molecule has 1 aliphatic carbocycles. The predicted molar refractivity (Wildman–Crippen MR) is 104 cm³/mol. The van der Waals surface area contributed by atoms with Crippen LogP contribution in [0.1, 0.15) is 43.0 Å². The number of fused-ring (bicyclic) bond motifs is 1. The molecule has 2 atom stereocenters. The molecule has 148 valence electrons. The van der Waals surface area contributed by atoms with Gasteiger partial charge in [0.05, 0.1) is 24.5 Å². The molecule has 6 heteroatoms. The molecule has 2 aliphatic heterocycles. The Balaban J connectivity index is 1.33. The van der Waals surface area contributed by atoms with E-state index in [1.54, 1.807) is 17.0 Å². The van der Waals surface area contributed by atoms with Crippen LogP contribution in [-0.4, -0.2) is 53.3 Å². The smallest absolute Gasteiger partial charge is 0.254 e. The molecule has 0 aromatic heterocycles. The molecule has 2 saturated heterocycles. The van der Waals surface area contributed by atoms with Gasteiger partial charge in [0.25, 0.3) is 5.91 Å². The van der Waals surface area contributed by atoms with Gasteiger partial charge in [-0.1, -0.05) is 25.5 Å². The zero-order chi connectivity index (χ0) is 19.7. The number of hydrogen-bond donors (Lipinski definition) is 0. The maximum Gasteiger partial charge on any atom is 0.254 e. The maximum absolute atomic E-state index is 12.7. The topological polar surface area (TPSA) is 66.9 Å². The largest absolute Gasteiger partial charge is 0.494 e. The van der Waals surface area contributed by atoms with Gasteiger partial charge in [-0.15, -0.1) is 0 Å². The lowest BCUT2D eigenvalue weighted by Gasteiger charge is -2.43. The number of allylic oxidation sites excluding steroid dienone is 2. The highest BCUT2D eigenvalue weighted by molar-refractivity contribution is 6.06. The Labute approximate surface area is 165 Å². The van der Waals surface area contributed by atoms with Crippen molar-refractivity contribution in [2.75, 3.05) is 19.7 Å². The van der Waals surface area contributed by atoms with Crippen molar-refractivity contribution in [1.29, 1.82) is 0 Å². The molecule has 4 rings (SSSR count). The van der Waals surface area contributed by atoms with Crippen LogP contribution in [0.4, 0.5) is 0 Å². The highest BCUT2D eigenvalue weighted by Gasteiger charge is 2.52. The molecule has 1 aromatic rings. The van der Waals surface area contributed by atoms with Gasteiger partial charge in [0.1, 0.15) is 5.75 Å². The monoisotopic (exact) mass is 382 g/mol. The minimum atomic E-state index is -0.206. The first-order valence-electron chi connectivity index (χ1n) is 10.1. The lowest BCUT2D eigenvalue weighted by Crippen LogP contribution is -2.62. The van der Waals surface area contributed by atoms with Crippen molar-refractivity contribution >= 4 is 17.7 Å². The van der Waals surface area contributed by atoms with E-state index in [1.165, 1.54) is 4.90 Å². The Morgan fingerprint density at radius 1 is 1.04 bits per heavy atom. The Morgan fingerprint density at radius 2 is 1.64 bits per heavy atom. The minimum absolute atomic E-state index is 0.0648. The molecule has 0 saturated carbocycles. The van der Waals surface area contributed by atoms with E-state index in [9.17, 15) is 14.4 Å². The normalized spacial score (nSPS) is 24.3. The molecule has 2 heterocycles. The third-order valence-electron chi connectivity index (χ3n) is 5.92. The third-order valence-corrected chi connectivity index (χ3v) is 5.92. The van der Waals surface area contributed by atoms with E-state index in [4.69, 9.17) is 4.74 Å². The van der Waals surface area contributed by atoms with Crippen LogP contribution in [0, 0.1) is 11.8 Å². The van der Waals surface area contributed by atoms with E-state index in [1.807, 2.05) is 24.3 Å². The van der Waals surface area contributed by atoms with Crippen molar-refractivity contribution in [3.8, 4) is 5.75 Å². The molecule has 0 bridgehead atoms. The summed E-state index contributed by atoms with van der Waals surface area (Å²) in [6, 6.07) is 6.97. The fourth-order valence-corrected chi connectivity index (χ4v) is 4.18. The Kier molecular flexibility index (Phi) is 5.20. The van der Waals surface area contributed by atoms with E-state index in [2.05, 4.69) is 6.92 Å². The second-order valence-electron chi connectivity index (χ2n) is 7.79. The lowest BCUT2D eigenvalue weighted by molar-refractivity contribution is -0.145. The second-order valence-corrected chi connectivity index (χ2v) is 7.79. The van der Waals surface area contributed by atoms with Crippen LogP contribution in [0.5, 0.6) is 5.75 Å². The fraction of sp³-hybridized carbons (Fsp3) is 0.500. The number of nitrogens with zero attached hydrogens (tertiary/aromatic N) is 2. The molecular weight excluding hydrogens is 356 g/mol. The van der Waals surface area contributed by atoms with Crippen LogP contribution in [0.15, 0.2) is 36.4 Å². The molecule has 0 radical (unpaired) electrons. The van der Waals surface area contributed by atoms with Gasteiger partial charge in [0.15, 0.2) is 0 Å². The Bertz CT molecular complexity index is 769. The van der Waals surface area contributed by atoms with Gasteiger partial charge in [-0.2, -0.15) is 0 Å². The summed E-state index contributed by atoms with van der Waals surface area (Å²) >= 11 is 0. The number of benzene rings is 1. The number of hydrogen-bond acceptors (Lipinski definition) is 4. The zero-order valence-electron chi connectivity index (χ0n) is 16.2. The summed E-state index contributed by atoms with van der Waals surface area (Å²) in [5, 5.41) is 0. The minimum Gasteiger partial charge on any atom is -0.494 e. The summed E-state index contributed by atoms with van der Waals surface area (Å²) in [7, 11) is 0. The van der Waals surface area contributed by atoms with Crippen LogP contribution < -0.4 is 4.74 Å². The summed E-state index contributed by atoms with van der Waals surface area (Å²) < 4.78 is 5.62. The summed E-state index contributed by atoms with van der Waals surface area (Å²) in [6.07, 6.45) is 7.35. The number of rotatable bonds is 6. The lowest BCUT2D eigenvalue weighted by atomic mass is 9.85. The van der Waals surface area contributed by atoms with Crippen molar-refractivity contribution in [2.45, 2.75) is 38.6 Å². The summed E-state index contributed by atoms with van der Waals surface area (Å²) in [4.78, 5) is 41.0. The number of imide groups is 1. The van der Waals surface area contributed by atoms with Crippen molar-refractivity contribution in [3.63, 3.8) is 0 Å². The molecule has 2 unspecified atom stereocenters. The number of unbranched alkanes of at least 4 members (excludes halogenated alkanes) is 1. The standard InChI is InChI=1S/C22H26N2O4/c1-2-3-12-28-17-10-8-15(9-11-17)20(25)23-13-16(14-23)24-21(26)18-6-4-5-7-19(18)22(24)27/h4-5,8-11,16,18-19H,2-3,6-7,12-14H2,1H3. The van der Waals surface area contributed by atoms with E-state index < -0.39 is 0 Å². The van der Waals surface area contributed by atoms with Gasteiger partial charge < -0.3 is 9.64 Å². The summed E-state index contributed by atoms with van der Waals surface area (Å²) in [5.74, 6) is 0.144. The first kappa shape index (κ1) is 18.7. The van der Waals surface area contributed by atoms with Gasteiger partial charge in [-0.25, -0.2) is 0 Å². The van der Waals surface area contributed by atoms with Crippen molar-refractivity contribution in [1.82, 2.24) is 9.80 Å². The number of amides is 3. The average Bonchev–Trinajstić information content (AvgIpc) is 2.93. The van der Waals surface area contributed by atoms with Crippen LogP contribution in [0.3, 0.4) is 0 Å². The molecule has 0 N–H and O–H groups in total. The second kappa shape index (κ2) is 7.78. The zero-order valence-corrected chi connectivity index (χ0v) is 16.2. The van der Waals surface area contributed by atoms with E-state index in [0.29, 0.717) is 38.1 Å². The van der Waals surface area contributed by atoms with E-state index >= 15 is 0 Å².